The number of aryl methyl sites for hydroxylation is 1. The Morgan fingerprint density at radius 1 is 0.968 bits per heavy atom. The summed E-state index contributed by atoms with van der Waals surface area (Å²) in [7, 11) is -3.89. The molecule has 7 nitrogen and oxygen atoms in total. The summed E-state index contributed by atoms with van der Waals surface area (Å²) in [5, 5.41) is 1.88. The number of ether oxygens (including phenoxy) is 1. The van der Waals surface area contributed by atoms with Crippen LogP contribution in [0, 0.1) is 6.92 Å². The molecule has 1 atom stereocenters. The van der Waals surface area contributed by atoms with Crippen molar-refractivity contribution in [2.24, 2.45) is 0 Å². The van der Waals surface area contributed by atoms with Crippen LogP contribution in [0.4, 0.5) is 0 Å². The van der Waals surface area contributed by atoms with Gasteiger partial charge in [0, 0.05) is 11.5 Å². The van der Waals surface area contributed by atoms with Crippen LogP contribution in [-0.4, -0.2) is 20.4 Å². The maximum absolute atomic E-state index is 12.5. The lowest BCUT2D eigenvalue weighted by molar-refractivity contribution is -0.135. The Morgan fingerprint density at radius 2 is 1.65 bits per heavy atom. The molecule has 8 heteroatoms. The normalized spacial score (nSPS) is 12.7. The molecule has 0 fully saturated rings. The third-order valence-corrected chi connectivity index (χ3v) is 6.38. The van der Waals surface area contributed by atoms with Crippen LogP contribution in [0.1, 0.15) is 12.5 Å². The Labute approximate surface area is 178 Å². The fourth-order valence-electron chi connectivity index (χ4n) is 3.19. The topological polar surface area (TPSA) is 103 Å². The molecule has 0 saturated carbocycles. The van der Waals surface area contributed by atoms with Gasteiger partial charge in [-0.3, -0.25) is 0 Å². The number of fused-ring (bicyclic) bond motifs is 3. The van der Waals surface area contributed by atoms with Gasteiger partial charge in [-0.2, -0.15) is 4.72 Å². The summed E-state index contributed by atoms with van der Waals surface area (Å²) < 4.78 is 37.9. The summed E-state index contributed by atoms with van der Waals surface area (Å²) >= 11 is 0. The van der Waals surface area contributed by atoms with Gasteiger partial charge in [0.25, 0.3) is 0 Å². The zero-order valence-corrected chi connectivity index (χ0v) is 17.6. The van der Waals surface area contributed by atoms with E-state index in [-0.39, 0.29) is 16.2 Å². The second-order valence-corrected chi connectivity index (χ2v) is 8.88. The second kappa shape index (κ2) is 7.98. The van der Waals surface area contributed by atoms with Crippen molar-refractivity contribution in [1.82, 2.24) is 4.72 Å². The molecule has 4 aromatic rings. The Balaban J connectivity index is 1.55. The van der Waals surface area contributed by atoms with E-state index in [1.807, 2.05) is 19.1 Å². The Morgan fingerprint density at radius 3 is 2.35 bits per heavy atom. The van der Waals surface area contributed by atoms with Crippen LogP contribution in [0.15, 0.2) is 80.8 Å². The number of carbonyl (C=O) groups is 1. The first-order chi connectivity index (χ1) is 14.7. The maximum Gasteiger partial charge on any atom is 0.344 e. The molecule has 1 aromatic heterocycles. The number of carbonyl (C=O) groups excluding carboxylic acids is 1. The summed E-state index contributed by atoms with van der Waals surface area (Å²) in [4.78, 5) is 24.7. The molecule has 158 valence electrons. The van der Waals surface area contributed by atoms with Crippen LogP contribution in [0.25, 0.3) is 21.7 Å². The molecule has 0 saturated heterocycles. The lowest BCUT2D eigenvalue weighted by Crippen LogP contribution is -2.40. The fraction of sp³-hybridized carbons (Fsp3) is 0.130. The van der Waals surface area contributed by atoms with Crippen LogP contribution >= 0.6 is 0 Å². The molecule has 0 unspecified atom stereocenters. The quantitative estimate of drug-likeness (QED) is 0.222. The zero-order chi connectivity index (χ0) is 22.2. The number of esters is 1. The summed E-state index contributed by atoms with van der Waals surface area (Å²) in [6, 6.07) is 16.9. The summed E-state index contributed by atoms with van der Waals surface area (Å²) in [5.74, 6) is -0.657. The van der Waals surface area contributed by atoms with Crippen LogP contribution in [0.5, 0.6) is 5.75 Å². The SMILES string of the molecule is Cc1ccc(S(=O)(=O)N[C@H](C)C(=O)Oc2ccc3c(c2)oc(=O)c2ccccc23)cc1. The van der Waals surface area contributed by atoms with Crippen molar-refractivity contribution < 1.29 is 22.4 Å². The minimum Gasteiger partial charge on any atom is -0.425 e. The Kier molecular flexibility index (Phi) is 5.34. The highest BCUT2D eigenvalue weighted by Gasteiger charge is 2.23. The molecular formula is C23H19NO6S. The number of nitrogens with one attached hydrogen (secondary N) is 1. The molecule has 1 N–H and O–H groups in total. The van der Waals surface area contributed by atoms with E-state index in [1.165, 1.54) is 25.1 Å². The average Bonchev–Trinajstić information content (AvgIpc) is 2.74. The maximum atomic E-state index is 12.5. The largest absolute Gasteiger partial charge is 0.425 e. The van der Waals surface area contributed by atoms with E-state index < -0.39 is 27.7 Å². The van der Waals surface area contributed by atoms with Crippen LogP contribution in [0.2, 0.25) is 0 Å². The van der Waals surface area contributed by atoms with Crippen molar-refractivity contribution in [3.63, 3.8) is 0 Å². The van der Waals surface area contributed by atoms with Crippen molar-refractivity contribution in [1.29, 1.82) is 0 Å². The van der Waals surface area contributed by atoms with Gasteiger partial charge < -0.3 is 9.15 Å². The Bertz CT molecular complexity index is 1460. The van der Waals surface area contributed by atoms with Crippen molar-refractivity contribution >= 4 is 37.7 Å². The number of sulfonamides is 1. The number of hydrogen-bond acceptors (Lipinski definition) is 6. The van der Waals surface area contributed by atoms with Gasteiger partial charge in [0.15, 0.2) is 0 Å². The van der Waals surface area contributed by atoms with Crippen molar-refractivity contribution in [2.45, 2.75) is 24.8 Å². The molecule has 0 radical (unpaired) electrons. The molecule has 3 aromatic carbocycles. The third-order valence-electron chi connectivity index (χ3n) is 4.83. The average molecular weight is 437 g/mol. The van der Waals surface area contributed by atoms with E-state index in [0.29, 0.717) is 10.8 Å². The minimum absolute atomic E-state index is 0.0529. The van der Waals surface area contributed by atoms with Crippen LogP contribution in [-0.2, 0) is 14.8 Å². The third kappa shape index (κ3) is 4.21. The molecule has 4 rings (SSSR count). The first-order valence-corrected chi connectivity index (χ1v) is 11.0. The monoisotopic (exact) mass is 437 g/mol. The summed E-state index contributed by atoms with van der Waals surface area (Å²) in [6.07, 6.45) is 0. The van der Waals surface area contributed by atoms with Crippen molar-refractivity contribution in [3.05, 3.63) is 82.7 Å². The molecule has 0 aliphatic heterocycles. The first-order valence-electron chi connectivity index (χ1n) is 9.51. The highest BCUT2D eigenvalue weighted by Crippen LogP contribution is 2.26. The van der Waals surface area contributed by atoms with Crippen molar-refractivity contribution in [2.75, 3.05) is 0 Å². The predicted molar refractivity (Wildman–Crippen MR) is 117 cm³/mol. The fourth-order valence-corrected chi connectivity index (χ4v) is 4.39. The van der Waals surface area contributed by atoms with E-state index in [1.54, 1.807) is 36.4 Å². The predicted octanol–water partition coefficient (Wildman–Crippen LogP) is 3.53. The second-order valence-electron chi connectivity index (χ2n) is 7.17. The van der Waals surface area contributed by atoms with Gasteiger partial charge in [-0.25, -0.2) is 18.0 Å². The zero-order valence-electron chi connectivity index (χ0n) is 16.8. The molecule has 0 bridgehead atoms. The van der Waals surface area contributed by atoms with Gasteiger partial charge in [0.2, 0.25) is 10.0 Å². The highest BCUT2D eigenvalue weighted by molar-refractivity contribution is 7.89. The van der Waals surface area contributed by atoms with E-state index in [4.69, 9.17) is 9.15 Å². The van der Waals surface area contributed by atoms with E-state index >= 15 is 0 Å². The Hall–Kier alpha value is -3.49. The van der Waals surface area contributed by atoms with Crippen LogP contribution < -0.4 is 15.1 Å². The van der Waals surface area contributed by atoms with E-state index in [2.05, 4.69) is 4.72 Å². The lowest BCUT2D eigenvalue weighted by Gasteiger charge is -2.14. The summed E-state index contributed by atoms with van der Waals surface area (Å²) in [5.41, 5.74) is 0.690. The van der Waals surface area contributed by atoms with Gasteiger partial charge in [-0.15, -0.1) is 0 Å². The number of benzene rings is 3. The van der Waals surface area contributed by atoms with Gasteiger partial charge in [-0.1, -0.05) is 35.9 Å². The van der Waals surface area contributed by atoms with Crippen molar-refractivity contribution in [3.8, 4) is 5.75 Å². The molecule has 0 amide bonds. The molecule has 0 aliphatic carbocycles. The molecule has 0 spiro atoms. The summed E-state index contributed by atoms with van der Waals surface area (Å²) in [6.45, 7) is 3.24. The minimum atomic E-state index is -3.89. The van der Waals surface area contributed by atoms with Gasteiger partial charge in [0.1, 0.15) is 17.4 Å². The standard InChI is InChI=1S/C23H19NO6S/c1-14-7-10-17(11-8-14)31(27,28)24-15(2)22(25)29-16-9-12-19-18-5-3-4-6-20(18)23(26)30-21(19)13-16/h3-13,15,24H,1-2H3/t15-/m1/s1. The lowest BCUT2D eigenvalue weighted by atomic mass is 10.1. The molecular weight excluding hydrogens is 418 g/mol. The van der Waals surface area contributed by atoms with E-state index in [0.717, 1.165) is 10.9 Å². The van der Waals surface area contributed by atoms with Gasteiger partial charge in [0.05, 0.1) is 10.3 Å². The highest BCUT2D eigenvalue weighted by atomic mass is 32.2. The smallest absolute Gasteiger partial charge is 0.344 e. The van der Waals surface area contributed by atoms with Crippen LogP contribution in [0.3, 0.4) is 0 Å². The van der Waals surface area contributed by atoms with Gasteiger partial charge >= 0.3 is 11.6 Å². The molecule has 1 heterocycles. The molecule has 31 heavy (non-hydrogen) atoms. The first kappa shape index (κ1) is 20.8. The molecule has 0 aliphatic rings. The number of rotatable bonds is 5. The van der Waals surface area contributed by atoms with E-state index in [9.17, 15) is 18.0 Å². The van der Waals surface area contributed by atoms with Gasteiger partial charge in [-0.05, 0) is 49.6 Å². The number of hydrogen-bond donors (Lipinski definition) is 1.